The lowest BCUT2D eigenvalue weighted by atomic mass is 9.75. The van der Waals surface area contributed by atoms with Crippen molar-refractivity contribution < 1.29 is 4.42 Å². The normalized spacial score (nSPS) is 15.2. The lowest BCUT2D eigenvalue weighted by Crippen LogP contribution is -2.38. The summed E-state index contributed by atoms with van der Waals surface area (Å²) in [4.78, 5) is 5.15. The maximum atomic E-state index is 6.98. The van der Waals surface area contributed by atoms with Gasteiger partial charge >= 0.3 is 0 Å². The molecule has 0 fully saturated rings. The van der Waals surface area contributed by atoms with E-state index in [0.29, 0.717) is 0 Å². The molecule has 0 N–H and O–H groups in total. The number of furan rings is 1. The van der Waals surface area contributed by atoms with Gasteiger partial charge in [0, 0.05) is 33.3 Å². The molecule has 0 saturated heterocycles. The summed E-state index contributed by atoms with van der Waals surface area (Å²) in [6.07, 6.45) is 2.06. The minimum Gasteiger partial charge on any atom is -0.456 e. The highest BCUT2D eigenvalue weighted by Crippen LogP contribution is 2.50. The van der Waals surface area contributed by atoms with Crippen LogP contribution in [0.4, 0.5) is 0 Å². The zero-order valence-electron chi connectivity index (χ0n) is 22.5. The second-order valence-electron chi connectivity index (χ2n) is 13.0. The smallest absolute Gasteiger partial charge is 0.135 e. The predicted molar refractivity (Wildman–Crippen MR) is 157 cm³/mol. The summed E-state index contributed by atoms with van der Waals surface area (Å²) in [5, 5.41) is 7.93. The first kappa shape index (κ1) is 22.7. The van der Waals surface area contributed by atoms with Crippen molar-refractivity contribution in [2.24, 2.45) is 0 Å². The Labute approximate surface area is 210 Å². The van der Waals surface area contributed by atoms with E-state index in [-0.39, 0.29) is 5.41 Å². The van der Waals surface area contributed by atoms with E-state index in [2.05, 4.69) is 109 Å². The topological polar surface area (TPSA) is 26.0 Å². The average Bonchev–Trinajstić information content (AvgIpc) is 3.11. The molecule has 2 nitrogen and oxygen atoms in total. The molecule has 5 aromatic rings. The molecule has 0 amide bonds. The van der Waals surface area contributed by atoms with Gasteiger partial charge in [0.2, 0.25) is 0 Å². The van der Waals surface area contributed by atoms with Gasteiger partial charge in [-0.25, -0.2) is 0 Å². The molecular formula is C31H35NOSi2. The van der Waals surface area contributed by atoms with Crippen LogP contribution in [0, 0.1) is 6.92 Å². The van der Waals surface area contributed by atoms with Crippen LogP contribution in [0.3, 0.4) is 0 Å². The fourth-order valence-electron chi connectivity index (χ4n) is 6.17. The highest BCUT2D eigenvalue weighted by atomic mass is 28.3. The van der Waals surface area contributed by atoms with Gasteiger partial charge in [-0.2, -0.15) is 0 Å². The van der Waals surface area contributed by atoms with Gasteiger partial charge in [0.15, 0.2) is 0 Å². The average molecular weight is 494 g/mol. The predicted octanol–water partition coefficient (Wildman–Crippen LogP) is 7.84. The van der Waals surface area contributed by atoms with Gasteiger partial charge in [0.05, 0.1) is 21.8 Å². The molecule has 0 radical (unpaired) electrons. The van der Waals surface area contributed by atoms with Crippen LogP contribution in [0.15, 0.2) is 53.1 Å². The van der Waals surface area contributed by atoms with Crippen LogP contribution in [-0.2, 0) is 5.41 Å². The molecular weight excluding hydrogens is 459 g/mol. The highest BCUT2D eigenvalue weighted by molar-refractivity contribution is 6.91. The van der Waals surface area contributed by atoms with Crippen molar-refractivity contribution in [3.63, 3.8) is 0 Å². The van der Waals surface area contributed by atoms with Crippen LogP contribution >= 0.6 is 0 Å². The van der Waals surface area contributed by atoms with E-state index >= 15 is 0 Å². The second-order valence-corrected chi connectivity index (χ2v) is 23.1. The van der Waals surface area contributed by atoms with Crippen molar-refractivity contribution in [3.8, 4) is 11.3 Å². The Morgan fingerprint density at radius 1 is 0.771 bits per heavy atom. The molecule has 2 heterocycles. The monoisotopic (exact) mass is 493 g/mol. The first-order chi connectivity index (χ1) is 16.3. The largest absolute Gasteiger partial charge is 0.456 e. The zero-order valence-corrected chi connectivity index (χ0v) is 24.5. The molecule has 0 saturated carbocycles. The summed E-state index contributed by atoms with van der Waals surface area (Å²) in [5.41, 5.74) is 8.29. The summed E-state index contributed by atoms with van der Waals surface area (Å²) in [6, 6.07) is 16.2. The van der Waals surface area contributed by atoms with Gasteiger partial charge in [0.1, 0.15) is 11.2 Å². The van der Waals surface area contributed by atoms with Crippen LogP contribution in [0.2, 0.25) is 39.3 Å². The number of hydrogen-bond acceptors (Lipinski definition) is 2. The van der Waals surface area contributed by atoms with Gasteiger partial charge in [-0.05, 0) is 33.8 Å². The van der Waals surface area contributed by atoms with Crippen LogP contribution < -0.4 is 10.4 Å². The van der Waals surface area contributed by atoms with Gasteiger partial charge in [0.25, 0.3) is 0 Å². The summed E-state index contributed by atoms with van der Waals surface area (Å²) < 4.78 is 6.98. The zero-order chi connectivity index (χ0) is 25.1. The molecule has 0 unspecified atom stereocenters. The maximum Gasteiger partial charge on any atom is 0.135 e. The number of benzene rings is 3. The Bertz CT molecular complexity index is 1690. The Morgan fingerprint density at radius 3 is 2.06 bits per heavy atom. The van der Waals surface area contributed by atoms with Crippen LogP contribution in [0.5, 0.6) is 0 Å². The number of rotatable bonds is 2. The summed E-state index contributed by atoms with van der Waals surface area (Å²) in [5.74, 6) is 0. The fourth-order valence-corrected chi connectivity index (χ4v) is 9.05. The van der Waals surface area contributed by atoms with E-state index in [1.54, 1.807) is 0 Å². The molecule has 0 atom stereocenters. The van der Waals surface area contributed by atoms with E-state index in [9.17, 15) is 0 Å². The van der Waals surface area contributed by atoms with E-state index in [1.165, 1.54) is 54.2 Å². The number of aromatic nitrogens is 1. The molecule has 0 spiro atoms. The molecule has 1 aliphatic rings. The molecule has 0 aliphatic heterocycles. The molecule has 3 aromatic carbocycles. The molecule has 4 heteroatoms. The molecule has 2 aromatic heterocycles. The Kier molecular flexibility index (Phi) is 4.52. The number of nitrogens with zero attached hydrogens (tertiary/aromatic N) is 1. The maximum absolute atomic E-state index is 6.98. The van der Waals surface area contributed by atoms with Crippen molar-refractivity contribution in [1.82, 2.24) is 4.98 Å². The van der Waals surface area contributed by atoms with E-state index in [0.717, 1.165) is 16.9 Å². The number of hydrogen-bond donors (Lipinski definition) is 0. The summed E-state index contributed by atoms with van der Waals surface area (Å²) in [7, 11) is -3.27. The first-order valence-electron chi connectivity index (χ1n) is 12.7. The van der Waals surface area contributed by atoms with Crippen molar-refractivity contribution in [2.45, 2.75) is 65.5 Å². The van der Waals surface area contributed by atoms with Gasteiger partial charge in [-0.1, -0.05) is 101 Å². The molecule has 35 heavy (non-hydrogen) atoms. The van der Waals surface area contributed by atoms with E-state index < -0.39 is 16.1 Å². The third kappa shape index (κ3) is 3.09. The van der Waals surface area contributed by atoms with E-state index in [1.807, 2.05) is 0 Å². The Morgan fingerprint density at radius 2 is 1.40 bits per heavy atom. The Balaban J connectivity index is 1.91. The summed E-state index contributed by atoms with van der Waals surface area (Å²) in [6.45, 7) is 21.5. The number of pyridine rings is 1. The highest BCUT2D eigenvalue weighted by Gasteiger charge is 2.38. The standard InChI is InChI=1S/C31H35NOSi2/c1-18-10-11-19-17-32-28-20-12-14-23(34(4,5)6)29-25(20)26-22(31(2,3)27(28)21(19)16-18)13-15-24(30(26)33-29)35(7,8)9/h10-17H,1-9H3. The van der Waals surface area contributed by atoms with Crippen molar-refractivity contribution in [2.75, 3.05) is 0 Å². The third-order valence-corrected chi connectivity index (χ3v) is 12.0. The first-order valence-corrected chi connectivity index (χ1v) is 19.7. The molecule has 0 bridgehead atoms. The second kappa shape index (κ2) is 6.95. The van der Waals surface area contributed by atoms with Gasteiger partial charge in [-0.3, -0.25) is 4.98 Å². The fraction of sp³-hybridized carbons (Fsp3) is 0.323. The van der Waals surface area contributed by atoms with Crippen molar-refractivity contribution in [1.29, 1.82) is 0 Å². The molecule has 1 aliphatic carbocycles. The lowest BCUT2D eigenvalue weighted by molar-refractivity contribution is 0.647. The van der Waals surface area contributed by atoms with Crippen LogP contribution in [-0.4, -0.2) is 21.1 Å². The van der Waals surface area contributed by atoms with E-state index in [4.69, 9.17) is 9.40 Å². The van der Waals surface area contributed by atoms with Crippen molar-refractivity contribution >= 4 is 59.2 Å². The Hall–Kier alpha value is -2.70. The van der Waals surface area contributed by atoms with Crippen LogP contribution in [0.1, 0.15) is 30.5 Å². The van der Waals surface area contributed by atoms with Crippen molar-refractivity contribution in [3.05, 3.63) is 65.4 Å². The lowest BCUT2D eigenvalue weighted by Gasteiger charge is -2.30. The van der Waals surface area contributed by atoms with Crippen LogP contribution in [0.25, 0.3) is 44.0 Å². The molecule has 178 valence electrons. The quantitative estimate of drug-likeness (QED) is 0.234. The molecule has 6 rings (SSSR count). The van der Waals surface area contributed by atoms with Gasteiger partial charge in [-0.15, -0.1) is 0 Å². The summed E-state index contributed by atoms with van der Waals surface area (Å²) >= 11 is 0. The minimum absolute atomic E-state index is 0.221. The third-order valence-electron chi connectivity index (χ3n) is 7.99. The SMILES string of the molecule is Cc1ccc2cnc3c(c2c1)C(C)(C)c1ccc([Si](C)(C)C)c2oc4c([Si](C)(C)C)ccc-3c4c12. The number of aryl methyl sites for hydroxylation is 1. The minimum atomic E-state index is -1.64. The van der Waals surface area contributed by atoms with Gasteiger partial charge < -0.3 is 4.42 Å². The number of fused-ring (bicyclic) bond motifs is 4.